The van der Waals surface area contributed by atoms with E-state index < -0.39 is 5.82 Å². The molecule has 2 N–H and O–H groups in total. The molecule has 1 heterocycles. The van der Waals surface area contributed by atoms with Crippen LogP contribution >= 0.6 is 0 Å². The molecule has 0 atom stereocenters. The van der Waals surface area contributed by atoms with Gasteiger partial charge in [-0.05, 0) is 43.0 Å². The number of nitriles is 1. The van der Waals surface area contributed by atoms with Crippen molar-refractivity contribution in [3.63, 3.8) is 0 Å². The first-order valence-corrected chi connectivity index (χ1v) is 11.7. The summed E-state index contributed by atoms with van der Waals surface area (Å²) in [5.74, 6) is 0.616. The summed E-state index contributed by atoms with van der Waals surface area (Å²) in [4.78, 5) is 0. The molecule has 2 aromatic carbocycles. The van der Waals surface area contributed by atoms with Crippen molar-refractivity contribution in [1.29, 1.82) is 5.26 Å². The maximum Gasteiger partial charge on any atom is 0.153 e. The van der Waals surface area contributed by atoms with Gasteiger partial charge in [-0.3, -0.25) is 0 Å². The van der Waals surface area contributed by atoms with Crippen LogP contribution in [-0.4, -0.2) is 4.57 Å². The first kappa shape index (κ1) is 21.4. The zero-order valence-electron chi connectivity index (χ0n) is 18.5. The van der Waals surface area contributed by atoms with Crippen LogP contribution in [0.25, 0.3) is 22.0 Å². The Hall–Kier alpha value is -2.80. The molecule has 0 aliphatic heterocycles. The Morgan fingerprint density at radius 1 is 1.10 bits per heavy atom. The number of fused-ring (bicyclic) bond motifs is 1. The maximum absolute atomic E-state index is 14.8. The molecule has 4 heteroatoms. The fourth-order valence-corrected chi connectivity index (χ4v) is 4.75. The zero-order valence-corrected chi connectivity index (χ0v) is 18.5. The standard InChI is InChI=1S/C27H32FN3/c1-19-15-26-23(16-21(19)17-29)24(22-12-8-13-25(30)27(22)28)18-31(26)14-6-4-2-3-5-9-20-10-7-11-20/h8,12-13,15-16,18,20H,2-7,9-11,14,30H2,1H3. The average molecular weight is 418 g/mol. The quantitative estimate of drug-likeness (QED) is 0.292. The van der Waals surface area contributed by atoms with Crippen LogP contribution in [-0.2, 0) is 6.54 Å². The molecule has 4 rings (SSSR count). The second kappa shape index (κ2) is 9.56. The topological polar surface area (TPSA) is 54.7 Å². The van der Waals surface area contributed by atoms with Crippen LogP contribution in [0.2, 0.25) is 0 Å². The zero-order chi connectivity index (χ0) is 21.8. The molecule has 0 bridgehead atoms. The van der Waals surface area contributed by atoms with Gasteiger partial charge in [0.25, 0.3) is 0 Å². The highest BCUT2D eigenvalue weighted by Crippen LogP contribution is 2.36. The fourth-order valence-electron chi connectivity index (χ4n) is 4.75. The Balaban J connectivity index is 1.50. The predicted octanol–water partition coefficient (Wildman–Crippen LogP) is 7.35. The number of hydrogen-bond acceptors (Lipinski definition) is 2. The van der Waals surface area contributed by atoms with Crippen LogP contribution in [0, 0.1) is 30.0 Å². The van der Waals surface area contributed by atoms with Gasteiger partial charge >= 0.3 is 0 Å². The molecule has 3 aromatic rings. The molecule has 0 saturated heterocycles. The molecule has 1 aliphatic carbocycles. The van der Waals surface area contributed by atoms with Crippen molar-refractivity contribution >= 4 is 16.6 Å². The highest BCUT2D eigenvalue weighted by molar-refractivity contribution is 5.98. The number of halogens is 1. The minimum atomic E-state index is -0.396. The van der Waals surface area contributed by atoms with Crippen molar-refractivity contribution in [3.05, 3.63) is 53.5 Å². The lowest BCUT2D eigenvalue weighted by Crippen LogP contribution is -2.10. The molecule has 0 spiro atoms. The van der Waals surface area contributed by atoms with Gasteiger partial charge in [-0.25, -0.2) is 4.39 Å². The second-order valence-corrected chi connectivity index (χ2v) is 9.09. The van der Waals surface area contributed by atoms with Crippen LogP contribution < -0.4 is 5.73 Å². The molecule has 31 heavy (non-hydrogen) atoms. The van der Waals surface area contributed by atoms with Gasteiger partial charge in [0.05, 0.1) is 17.3 Å². The van der Waals surface area contributed by atoms with E-state index >= 15 is 0 Å². The first-order chi connectivity index (χ1) is 15.1. The monoisotopic (exact) mass is 417 g/mol. The van der Waals surface area contributed by atoms with Crippen molar-refractivity contribution in [1.82, 2.24) is 4.57 Å². The van der Waals surface area contributed by atoms with E-state index in [4.69, 9.17) is 5.73 Å². The number of hydrogen-bond donors (Lipinski definition) is 1. The molecule has 1 aromatic heterocycles. The van der Waals surface area contributed by atoms with Crippen LogP contribution in [0.3, 0.4) is 0 Å². The van der Waals surface area contributed by atoms with Crippen LogP contribution in [0.5, 0.6) is 0 Å². The molecular weight excluding hydrogens is 385 g/mol. The summed E-state index contributed by atoms with van der Waals surface area (Å²) in [5.41, 5.74) is 9.90. The summed E-state index contributed by atoms with van der Waals surface area (Å²) in [6.45, 7) is 2.85. The summed E-state index contributed by atoms with van der Waals surface area (Å²) in [5, 5.41) is 10.4. The third-order valence-corrected chi connectivity index (χ3v) is 6.90. The van der Waals surface area contributed by atoms with Gasteiger partial charge in [-0.2, -0.15) is 5.26 Å². The largest absolute Gasteiger partial charge is 0.396 e. The number of aromatic nitrogens is 1. The van der Waals surface area contributed by atoms with E-state index in [-0.39, 0.29) is 5.69 Å². The van der Waals surface area contributed by atoms with Crippen molar-refractivity contribution in [2.24, 2.45) is 5.92 Å². The lowest BCUT2D eigenvalue weighted by molar-refractivity contribution is 0.286. The normalized spacial score (nSPS) is 14.0. The summed E-state index contributed by atoms with van der Waals surface area (Å²) >= 11 is 0. The van der Waals surface area contributed by atoms with Crippen LogP contribution in [0.15, 0.2) is 36.5 Å². The number of rotatable bonds is 9. The van der Waals surface area contributed by atoms with E-state index in [1.165, 1.54) is 51.4 Å². The molecule has 1 aliphatic rings. The Labute approximate surface area is 184 Å². The Morgan fingerprint density at radius 3 is 2.61 bits per heavy atom. The minimum Gasteiger partial charge on any atom is -0.396 e. The highest BCUT2D eigenvalue weighted by Gasteiger charge is 2.17. The summed E-state index contributed by atoms with van der Waals surface area (Å²) in [6, 6.07) is 11.3. The van der Waals surface area contributed by atoms with Gasteiger partial charge in [-0.15, -0.1) is 0 Å². The third-order valence-electron chi connectivity index (χ3n) is 6.90. The van der Waals surface area contributed by atoms with Gasteiger partial charge in [0.2, 0.25) is 0 Å². The molecular formula is C27H32FN3. The first-order valence-electron chi connectivity index (χ1n) is 11.7. The predicted molar refractivity (Wildman–Crippen MR) is 126 cm³/mol. The number of nitrogens with zero attached hydrogens (tertiary/aromatic N) is 2. The average Bonchev–Trinajstić information content (AvgIpc) is 3.07. The van der Waals surface area contributed by atoms with E-state index in [1.807, 2.05) is 19.2 Å². The van der Waals surface area contributed by atoms with Crippen molar-refractivity contribution in [2.75, 3.05) is 5.73 Å². The summed E-state index contributed by atoms with van der Waals surface area (Å²) < 4.78 is 17.0. The van der Waals surface area contributed by atoms with Crippen LogP contribution in [0.1, 0.15) is 68.9 Å². The number of aryl methyl sites for hydroxylation is 2. The van der Waals surface area contributed by atoms with Crippen molar-refractivity contribution in [3.8, 4) is 17.2 Å². The highest BCUT2D eigenvalue weighted by atomic mass is 19.1. The number of nitrogens with two attached hydrogens (primary N) is 1. The van der Waals surface area contributed by atoms with Crippen LogP contribution in [0.4, 0.5) is 10.1 Å². The lowest BCUT2D eigenvalue weighted by Gasteiger charge is -2.24. The maximum atomic E-state index is 14.8. The number of anilines is 1. The molecule has 0 unspecified atom stereocenters. The van der Waals surface area contributed by atoms with Crippen molar-refractivity contribution < 1.29 is 4.39 Å². The van der Waals surface area contributed by atoms with Gasteiger partial charge in [0.15, 0.2) is 5.82 Å². The molecule has 1 saturated carbocycles. The minimum absolute atomic E-state index is 0.146. The molecule has 1 fully saturated rings. The SMILES string of the molecule is Cc1cc2c(cc1C#N)c(-c1cccc(N)c1F)cn2CCCCCCCC1CCC1. The fraction of sp³-hybridized carbons (Fsp3) is 0.444. The summed E-state index contributed by atoms with van der Waals surface area (Å²) in [7, 11) is 0. The molecule has 0 amide bonds. The number of nitrogen functional groups attached to an aromatic ring is 1. The Morgan fingerprint density at radius 2 is 1.87 bits per heavy atom. The van der Waals surface area contributed by atoms with E-state index in [0.717, 1.165) is 40.9 Å². The Bertz CT molecular complexity index is 1100. The molecule has 0 radical (unpaired) electrons. The number of unbranched alkanes of at least 4 members (excludes halogenated alkanes) is 4. The number of benzene rings is 2. The second-order valence-electron chi connectivity index (χ2n) is 9.09. The van der Waals surface area contributed by atoms with Gasteiger partial charge < -0.3 is 10.3 Å². The lowest BCUT2D eigenvalue weighted by atomic mass is 9.82. The summed E-state index contributed by atoms with van der Waals surface area (Å²) in [6.07, 6.45) is 14.1. The smallest absolute Gasteiger partial charge is 0.153 e. The van der Waals surface area contributed by atoms with E-state index in [2.05, 4.69) is 16.7 Å². The van der Waals surface area contributed by atoms with Gasteiger partial charge in [0, 0.05) is 34.8 Å². The molecule has 162 valence electrons. The van der Waals surface area contributed by atoms with Crippen molar-refractivity contribution in [2.45, 2.75) is 71.3 Å². The Kier molecular flexibility index (Phi) is 6.61. The van der Waals surface area contributed by atoms with E-state index in [1.54, 1.807) is 18.2 Å². The van der Waals surface area contributed by atoms with Gasteiger partial charge in [0.1, 0.15) is 0 Å². The third kappa shape index (κ3) is 4.61. The molecule has 3 nitrogen and oxygen atoms in total. The van der Waals surface area contributed by atoms with E-state index in [0.29, 0.717) is 11.1 Å². The van der Waals surface area contributed by atoms with E-state index in [9.17, 15) is 9.65 Å². The van der Waals surface area contributed by atoms with Gasteiger partial charge in [-0.1, -0.05) is 63.5 Å².